The maximum atomic E-state index is 12.4. The van der Waals surface area contributed by atoms with Crippen LogP contribution >= 0.6 is 23.1 Å². The maximum Gasteiger partial charge on any atom is 0.268 e. The Kier molecular flexibility index (Phi) is 7.22. The van der Waals surface area contributed by atoms with Crippen LogP contribution in [0.2, 0.25) is 0 Å². The highest BCUT2D eigenvalue weighted by molar-refractivity contribution is 7.99. The lowest BCUT2D eigenvalue weighted by atomic mass is 10.2. The molecule has 1 aromatic carbocycles. The number of anilines is 1. The van der Waals surface area contributed by atoms with Crippen molar-refractivity contribution in [2.75, 3.05) is 5.32 Å². The third-order valence-corrected chi connectivity index (χ3v) is 5.75. The summed E-state index contributed by atoms with van der Waals surface area (Å²) in [5.41, 5.74) is 1.13. The molecular weight excluding hydrogens is 404 g/mol. The second-order valence-electron chi connectivity index (χ2n) is 6.30. The van der Waals surface area contributed by atoms with E-state index < -0.39 is 5.91 Å². The Labute approximate surface area is 177 Å². The van der Waals surface area contributed by atoms with Gasteiger partial charge in [0, 0.05) is 17.4 Å². The van der Waals surface area contributed by atoms with Crippen molar-refractivity contribution in [2.45, 2.75) is 43.1 Å². The maximum absolute atomic E-state index is 12.4. The first-order chi connectivity index (χ1) is 14.1. The van der Waals surface area contributed by atoms with E-state index in [1.165, 1.54) is 34.7 Å². The minimum Gasteiger partial charge on any atom is -0.450 e. The second kappa shape index (κ2) is 10.0. The lowest BCUT2D eigenvalue weighted by molar-refractivity contribution is -0.112. The lowest BCUT2D eigenvalue weighted by Crippen LogP contribution is -2.13. The molecule has 0 bridgehead atoms. The predicted molar refractivity (Wildman–Crippen MR) is 115 cm³/mol. The highest BCUT2D eigenvalue weighted by atomic mass is 32.2. The van der Waals surface area contributed by atoms with E-state index in [0.717, 1.165) is 29.2 Å². The number of benzene rings is 1. The summed E-state index contributed by atoms with van der Waals surface area (Å²) in [6.07, 6.45) is 4.34. The molecule has 0 aliphatic carbocycles. The summed E-state index contributed by atoms with van der Waals surface area (Å²) in [6.45, 7) is 4.14. The molecule has 0 spiro atoms. The molecule has 0 atom stereocenters. The SMILES string of the molecule is CCCCc1nnc(NC(=O)C(C#N)=Cc2ccc(Sc3ccc(C)cc3)o2)s1. The van der Waals surface area contributed by atoms with Crippen molar-refractivity contribution >= 4 is 40.2 Å². The van der Waals surface area contributed by atoms with Gasteiger partial charge in [-0.2, -0.15) is 5.26 Å². The number of furan rings is 1. The fourth-order valence-electron chi connectivity index (χ4n) is 2.38. The van der Waals surface area contributed by atoms with Crippen LogP contribution in [-0.2, 0) is 11.2 Å². The van der Waals surface area contributed by atoms with E-state index in [4.69, 9.17) is 4.42 Å². The standard InChI is InChI=1S/C21H20N4O2S2/c1-3-4-5-18-24-25-21(29-18)23-20(26)15(13-22)12-16-8-11-19(27-16)28-17-9-6-14(2)7-10-17/h6-12H,3-5H2,1-2H3,(H,23,25,26). The van der Waals surface area contributed by atoms with Crippen LogP contribution < -0.4 is 5.32 Å². The van der Waals surface area contributed by atoms with Crippen molar-refractivity contribution in [3.63, 3.8) is 0 Å². The van der Waals surface area contributed by atoms with Crippen LogP contribution in [-0.4, -0.2) is 16.1 Å². The number of carbonyl (C=O) groups excluding carboxylic acids is 1. The Bertz CT molecular complexity index is 1050. The van der Waals surface area contributed by atoms with Crippen molar-refractivity contribution in [3.05, 3.63) is 58.3 Å². The van der Waals surface area contributed by atoms with Gasteiger partial charge in [0.05, 0.1) is 0 Å². The van der Waals surface area contributed by atoms with Crippen LogP contribution in [0.3, 0.4) is 0 Å². The van der Waals surface area contributed by atoms with Gasteiger partial charge in [-0.3, -0.25) is 10.1 Å². The monoisotopic (exact) mass is 424 g/mol. The summed E-state index contributed by atoms with van der Waals surface area (Å²) in [5, 5.41) is 22.0. The first-order valence-electron chi connectivity index (χ1n) is 9.17. The summed E-state index contributed by atoms with van der Waals surface area (Å²) in [4.78, 5) is 13.4. The zero-order valence-electron chi connectivity index (χ0n) is 16.1. The van der Waals surface area contributed by atoms with E-state index >= 15 is 0 Å². The minimum absolute atomic E-state index is 0.0588. The van der Waals surface area contributed by atoms with Gasteiger partial charge in [0.2, 0.25) is 5.13 Å². The number of hydrogen-bond donors (Lipinski definition) is 1. The molecule has 3 aromatic rings. The molecule has 1 N–H and O–H groups in total. The number of unbranched alkanes of at least 4 members (excludes halogenated alkanes) is 1. The molecule has 148 valence electrons. The van der Waals surface area contributed by atoms with E-state index in [-0.39, 0.29) is 5.57 Å². The number of amides is 1. The average molecular weight is 425 g/mol. The first kappa shape index (κ1) is 20.8. The molecule has 0 aliphatic rings. The van der Waals surface area contributed by atoms with Crippen molar-refractivity contribution in [2.24, 2.45) is 0 Å². The Morgan fingerprint density at radius 1 is 1.28 bits per heavy atom. The molecule has 1 amide bonds. The molecule has 0 unspecified atom stereocenters. The summed E-state index contributed by atoms with van der Waals surface area (Å²) in [7, 11) is 0. The molecule has 29 heavy (non-hydrogen) atoms. The van der Waals surface area contributed by atoms with Crippen molar-refractivity contribution in [3.8, 4) is 6.07 Å². The van der Waals surface area contributed by atoms with E-state index in [1.54, 1.807) is 6.07 Å². The van der Waals surface area contributed by atoms with Gasteiger partial charge in [-0.1, -0.05) is 54.1 Å². The Morgan fingerprint density at radius 3 is 2.79 bits per heavy atom. The van der Waals surface area contributed by atoms with Crippen molar-refractivity contribution in [1.29, 1.82) is 5.26 Å². The third kappa shape index (κ3) is 6.04. The molecule has 0 aliphatic heterocycles. The summed E-state index contributed by atoms with van der Waals surface area (Å²) < 4.78 is 5.73. The van der Waals surface area contributed by atoms with Crippen LogP contribution in [0, 0.1) is 18.3 Å². The second-order valence-corrected chi connectivity index (χ2v) is 8.44. The van der Waals surface area contributed by atoms with Gasteiger partial charge < -0.3 is 4.42 Å². The van der Waals surface area contributed by atoms with E-state index in [9.17, 15) is 10.1 Å². The highest BCUT2D eigenvalue weighted by Gasteiger charge is 2.14. The van der Waals surface area contributed by atoms with Crippen LogP contribution in [0.15, 0.2) is 56.4 Å². The molecule has 0 saturated carbocycles. The summed E-state index contributed by atoms with van der Waals surface area (Å²) in [6, 6.07) is 13.6. The van der Waals surface area contributed by atoms with Gasteiger partial charge in [-0.05, 0) is 37.6 Å². The average Bonchev–Trinajstić information content (AvgIpc) is 3.35. The van der Waals surface area contributed by atoms with E-state index in [1.807, 2.05) is 43.3 Å². The molecule has 2 aromatic heterocycles. The summed E-state index contributed by atoms with van der Waals surface area (Å²) in [5.74, 6) is -0.0953. The number of nitrogens with one attached hydrogen (secondary N) is 1. The van der Waals surface area contributed by atoms with Gasteiger partial charge in [-0.25, -0.2) is 0 Å². The zero-order chi connectivity index (χ0) is 20.6. The van der Waals surface area contributed by atoms with Crippen molar-refractivity contribution in [1.82, 2.24) is 10.2 Å². The van der Waals surface area contributed by atoms with Gasteiger partial charge in [0.25, 0.3) is 5.91 Å². The molecule has 8 heteroatoms. The fourth-order valence-corrected chi connectivity index (χ4v) is 3.93. The van der Waals surface area contributed by atoms with E-state index in [2.05, 4.69) is 22.4 Å². The molecular formula is C21H20N4O2S2. The van der Waals surface area contributed by atoms with Gasteiger partial charge in [0.15, 0.2) is 5.09 Å². The largest absolute Gasteiger partial charge is 0.450 e. The Balaban J connectivity index is 1.65. The number of nitrogens with zero attached hydrogens (tertiary/aromatic N) is 3. The molecule has 6 nitrogen and oxygen atoms in total. The van der Waals surface area contributed by atoms with Crippen LogP contribution in [0.25, 0.3) is 6.08 Å². The Hall–Kier alpha value is -2.89. The number of rotatable bonds is 8. The normalized spacial score (nSPS) is 11.3. The smallest absolute Gasteiger partial charge is 0.268 e. The van der Waals surface area contributed by atoms with Crippen LogP contribution in [0.4, 0.5) is 5.13 Å². The first-order valence-corrected chi connectivity index (χ1v) is 10.8. The molecule has 0 fully saturated rings. The number of nitriles is 1. The highest BCUT2D eigenvalue weighted by Crippen LogP contribution is 2.30. The lowest BCUT2D eigenvalue weighted by Gasteiger charge is -1.99. The van der Waals surface area contributed by atoms with Crippen molar-refractivity contribution < 1.29 is 9.21 Å². The molecule has 0 saturated heterocycles. The van der Waals surface area contributed by atoms with E-state index in [0.29, 0.717) is 16.0 Å². The zero-order valence-corrected chi connectivity index (χ0v) is 17.8. The number of carbonyl (C=O) groups is 1. The Morgan fingerprint density at radius 2 is 2.07 bits per heavy atom. The molecule has 3 rings (SSSR count). The number of aryl methyl sites for hydroxylation is 2. The minimum atomic E-state index is -0.533. The number of aromatic nitrogens is 2. The number of hydrogen-bond acceptors (Lipinski definition) is 7. The van der Waals surface area contributed by atoms with Crippen LogP contribution in [0.1, 0.15) is 36.1 Å². The van der Waals surface area contributed by atoms with Gasteiger partial charge >= 0.3 is 0 Å². The summed E-state index contributed by atoms with van der Waals surface area (Å²) >= 11 is 2.80. The fraction of sp³-hybridized carbons (Fsp3) is 0.238. The van der Waals surface area contributed by atoms with Gasteiger partial charge in [-0.15, -0.1) is 10.2 Å². The topological polar surface area (TPSA) is 91.8 Å². The quantitative estimate of drug-likeness (QED) is 0.380. The van der Waals surface area contributed by atoms with Crippen LogP contribution in [0.5, 0.6) is 0 Å². The van der Waals surface area contributed by atoms with Gasteiger partial charge in [0.1, 0.15) is 22.4 Å². The predicted octanol–water partition coefficient (Wildman–Crippen LogP) is 5.48. The molecule has 0 radical (unpaired) electrons. The molecule has 2 heterocycles. The third-order valence-electron chi connectivity index (χ3n) is 3.92.